The predicted molar refractivity (Wildman–Crippen MR) is 163 cm³/mol. The minimum absolute atomic E-state index is 0.0208. The number of likely N-dealkylation sites (N-methyl/N-ethyl adjacent to an activating group) is 1. The molecule has 41 heavy (non-hydrogen) atoms. The van der Waals surface area contributed by atoms with Gasteiger partial charge in [-0.2, -0.15) is 11.8 Å². The molecule has 2 fully saturated rings. The lowest BCUT2D eigenvalue weighted by Gasteiger charge is -2.52. The summed E-state index contributed by atoms with van der Waals surface area (Å²) in [5, 5.41) is 10.6. The number of anilines is 1. The topological polar surface area (TPSA) is 120 Å². The van der Waals surface area contributed by atoms with Crippen LogP contribution >= 0.6 is 11.8 Å². The van der Waals surface area contributed by atoms with Crippen LogP contribution in [0.1, 0.15) is 43.8 Å². The van der Waals surface area contributed by atoms with Crippen molar-refractivity contribution in [3.8, 4) is 5.75 Å². The molecule has 4 heterocycles. The molecule has 4 aliphatic rings. The van der Waals surface area contributed by atoms with Gasteiger partial charge in [-0.15, -0.1) is 0 Å². The van der Waals surface area contributed by atoms with Crippen molar-refractivity contribution in [2.24, 2.45) is 5.73 Å². The highest BCUT2D eigenvalue weighted by atomic mass is 32.2. The number of nitrogens with two attached hydrogens (primary N) is 1. The van der Waals surface area contributed by atoms with E-state index in [1.807, 2.05) is 48.1 Å². The molecular formula is C29H42N8O3S. The number of carbonyl (C=O) groups is 2. The summed E-state index contributed by atoms with van der Waals surface area (Å²) < 4.78 is 7.42. The number of carbonyl (C=O) groups excluding carboxylic acids is 2. The molecule has 3 aliphatic heterocycles. The lowest BCUT2D eigenvalue weighted by Crippen LogP contribution is -2.76. The molecule has 1 saturated carbocycles. The molecule has 1 unspecified atom stereocenters. The van der Waals surface area contributed by atoms with Crippen molar-refractivity contribution in [2.75, 3.05) is 57.2 Å². The summed E-state index contributed by atoms with van der Waals surface area (Å²) in [5.41, 5.74) is 8.82. The number of nitrogens with zero attached hydrogens (tertiary/aromatic N) is 4. The van der Waals surface area contributed by atoms with E-state index in [2.05, 4.69) is 32.7 Å². The number of methoxy groups -OCH3 is 1. The summed E-state index contributed by atoms with van der Waals surface area (Å²) in [7, 11) is 3.57. The van der Waals surface area contributed by atoms with Crippen molar-refractivity contribution in [3.05, 3.63) is 35.9 Å². The summed E-state index contributed by atoms with van der Waals surface area (Å²) in [6.07, 6.45) is 7.39. The molecular weight excluding hydrogens is 540 g/mol. The van der Waals surface area contributed by atoms with Crippen molar-refractivity contribution in [3.63, 3.8) is 0 Å². The third kappa shape index (κ3) is 5.32. The summed E-state index contributed by atoms with van der Waals surface area (Å²) in [6, 6.07) is 6.34. The van der Waals surface area contributed by atoms with Gasteiger partial charge in [-0.1, -0.05) is 19.8 Å². The van der Waals surface area contributed by atoms with Crippen LogP contribution in [0.15, 0.2) is 35.9 Å². The fourth-order valence-corrected chi connectivity index (χ4v) is 7.76. The number of benzene rings is 1. The SMILES string of the molecule is CCC1CN(C)C2=C(N[C@@](N)(Nc3cc4c(ccn4C(=O)CN4CCSCC4)cc3OC)NC2=O)N1C1CCCC1. The Labute approximate surface area is 245 Å². The Morgan fingerprint density at radius 1 is 1.22 bits per heavy atom. The van der Waals surface area contributed by atoms with Crippen LogP contribution in [0.4, 0.5) is 5.69 Å². The third-order valence-corrected chi connectivity index (χ3v) is 9.79. The van der Waals surface area contributed by atoms with Crippen molar-refractivity contribution < 1.29 is 14.3 Å². The Bertz CT molecular complexity index is 1350. The first-order valence-electron chi connectivity index (χ1n) is 14.7. The quantitative estimate of drug-likeness (QED) is 0.362. The van der Waals surface area contributed by atoms with Crippen LogP contribution in [0.25, 0.3) is 10.9 Å². The number of hydrogen-bond acceptors (Lipinski definition) is 10. The molecule has 222 valence electrons. The molecule has 0 radical (unpaired) electrons. The molecule has 0 bridgehead atoms. The van der Waals surface area contributed by atoms with Crippen molar-refractivity contribution >= 4 is 40.2 Å². The zero-order valence-electron chi connectivity index (χ0n) is 24.2. The van der Waals surface area contributed by atoms with Gasteiger partial charge in [0.1, 0.15) is 17.3 Å². The molecule has 1 amide bonds. The van der Waals surface area contributed by atoms with Crippen LogP contribution < -0.4 is 26.4 Å². The van der Waals surface area contributed by atoms with Gasteiger partial charge in [-0.3, -0.25) is 30.1 Å². The van der Waals surface area contributed by atoms with Crippen LogP contribution in [0.3, 0.4) is 0 Å². The Kier molecular flexibility index (Phi) is 7.73. The molecule has 6 rings (SSSR count). The van der Waals surface area contributed by atoms with E-state index in [1.54, 1.807) is 11.7 Å². The number of hydrogen-bond donors (Lipinski definition) is 4. The first-order valence-corrected chi connectivity index (χ1v) is 15.9. The highest BCUT2D eigenvalue weighted by molar-refractivity contribution is 7.99. The number of amides is 1. The van der Waals surface area contributed by atoms with Crippen LogP contribution in [0, 0.1) is 0 Å². The largest absolute Gasteiger partial charge is 0.495 e. The van der Waals surface area contributed by atoms with Crippen LogP contribution in [0.2, 0.25) is 0 Å². The maximum Gasteiger partial charge on any atom is 0.275 e. The maximum absolute atomic E-state index is 13.6. The van der Waals surface area contributed by atoms with E-state index in [1.165, 1.54) is 12.8 Å². The molecule has 2 aromatic rings. The Morgan fingerprint density at radius 2 is 1.98 bits per heavy atom. The molecule has 1 saturated heterocycles. The molecule has 12 heteroatoms. The average Bonchev–Trinajstić information content (AvgIpc) is 3.62. The predicted octanol–water partition coefficient (Wildman–Crippen LogP) is 2.18. The van der Waals surface area contributed by atoms with Gasteiger partial charge in [-0.25, -0.2) is 0 Å². The minimum Gasteiger partial charge on any atom is -0.495 e. The fraction of sp³-hybridized carbons (Fsp3) is 0.586. The number of nitrogens with one attached hydrogen (secondary N) is 3. The van der Waals surface area contributed by atoms with Gasteiger partial charge in [-0.05, 0) is 37.5 Å². The van der Waals surface area contributed by atoms with Gasteiger partial charge >= 0.3 is 0 Å². The summed E-state index contributed by atoms with van der Waals surface area (Å²) in [4.78, 5) is 33.5. The Balaban J connectivity index is 1.31. The highest BCUT2D eigenvalue weighted by Crippen LogP contribution is 2.36. The molecule has 1 aromatic heterocycles. The van der Waals surface area contributed by atoms with Gasteiger partial charge in [0, 0.05) is 61.9 Å². The lowest BCUT2D eigenvalue weighted by molar-refractivity contribution is -0.123. The Hall–Kier alpha value is -3.09. The second kappa shape index (κ2) is 11.3. The number of rotatable bonds is 7. The molecule has 2 atom stereocenters. The zero-order valence-corrected chi connectivity index (χ0v) is 25.1. The van der Waals surface area contributed by atoms with E-state index in [9.17, 15) is 9.59 Å². The van der Waals surface area contributed by atoms with Gasteiger partial charge in [0.2, 0.25) is 11.8 Å². The van der Waals surface area contributed by atoms with E-state index >= 15 is 0 Å². The average molecular weight is 583 g/mol. The van der Waals surface area contributed by atoms with E-state index in [4.69, 9.17) is 10.5 Å². The van der Waals surface area contributed by atoms with E-state index in [-0.39, 0.29) is 17.9 Å². The lowest BCUT2D eigenvalue weighted by atomic mass is 10.0. The van der Waals surface area contributed by atoms with Crippen molar-refractivity contribution in [1.82, 2.24) is 29.9 Å². The molecule has 1 aromatic carbocycles. The second-order valence-corrected chi connectivity index (χ2v) is 12.8. The Morgan fingerprint density at radius 3 is 2.68 bits per heavy atom. The molecule has 11 nitrogen and oxygen atoms in total. The minimum atomic E-state index is -1.48. The van der Waals surface area contributed by atoms with E-state index in [0.29, 0.717) is 29.7 Å². The van der Waals surface area contributed by atoms with Gasteiger partial charge < -0.3 is 25.2 Å². The number of aromatic nitrogens is 1. The normalized spacial score (nSPS) is 25.8. The van der Waals surface area contributed by atoms with E-state index < -0.39 is 5.91 Å². The smallest absolute Gasteiger partial charge is 0.275 e. The first-order chi connectivity index (χ1) is 19.8. The second-order valence-electron chi connectivity index (χ2n) is 11.6. The monoisotopic (exact) mass is 582 g/mol. The summed E-state index contributed by atoms with van der Waals surface area (Å²) >= 11 is 1.92. The van der Waals surface area contributed by atoms with Crippen LogP contribution in [0.5, 0.6) is 5.75 Å². The van der Waals surface area contributed by atoms with Crippen molar-refractivity contribution in [2.45, 2.75) is 57.0 Å². The van der Waals surface area contributed by atoms with Crippen LogP contribution in [-0.2, 0) is 4.79 Å². The third-order valence-electron chi connectivity index (χ3n) is 8.85. The van der Waals surface area contributed by atoms with Gasteiger partial charge in [0.25, 0.3) is 5.91 Å². The van der Waals surface area contributed by atoms with E-state index in [0.717, 1.165) is 67.1 Å². The summed E-state index contributed by atoms with van der Waals surface area (Å²) in [6.45, 7) is 5.20. The highest BCUT2D eigenvalue weighted by Gasteiger charge is 2.46. The molecule has 1 aliphatic carbocycles. The van der Waals surface area contributed by atoms with Crippen LogP contribution in [-0.4, -0.2) is 101 Å². The number of ether oxygens (including phenoxy) is 1. The van der Waals surface area contributed by atoms with Gasteiger partial charge in [0.05, 0.1) is 24.9 Å². The maximum atomic E-state index is 13.6. The number of fused-ring (bicyclic) bond motifs is 1. The number of thioether (sulfide) groups is 1. The standard InChI is InChI=1S/C29H42N8O3S/c1-4-20-17-34(2)26-27(37(20)21-7-5-6-8-21)32-29(30,33-28(26)39)31-22-16-23-19(15-24(22)40-3)9-10-36(23)25(38)18-35-11-13-41-14-12-35/h9-10,15-16,20-21,31-32H,4-8,11-14,17-18,30H2,1-3H3,(H,33,39)/t20?,29-/m1/s1. The van der Waals surface area contributed by atoms with Gasteiger partial charge in [0.15, 0.2) is 0 Å². The molecule has 0 spiro atoms. The fourth-order valence-electron chi connectivity index (χ4n) is 6.78. The molecule has 5 N–H and O–H groups in total. The first kappa shape index (κ1) is 28.0. The summed E-state index contributed by atoms with van der Waals surface area (Å²) in [5.74, 6) is 1.75. The zero-order chi connectivity index (χ0) is 28.7. The van der Waals surface area contributed by atoms with Crippen molar-refractivity contribution in [1.29, 1.82) is 0 Å².